The van der Waals surface area contributed by atoms with Crippen LogP contribution in [0.3, 0.4) is 0 Å². The van der Waals surface area contributed by atoms with Crippen molar-refractivity contribution in [2.75, 3.05) is 12.8 Å². The summed E-state index contributed by atoms with van der Waals surface area (Å²) in [5.41, 5.74) is 0.796. The molecule has 1 N–H and O–H groups in total. The molecule has 0 aromatic heterocycles. The van der Waals surface area contributed by atoms with Crippen molar-refractivity contribution in [3.8, 4) is 0 Å². The molecule has 1 unspecified atom stereocenters. The first-order valence-corrected chi connectivity index (χ1v) is 8.72. The molecule has 1 nitrogen and oxygen atoms in total. The Morgan fingerprint density at radius 3 is 2.73 bits per heavy atom. The molecule has 2 rings (SSSR count). The molecule has 0 amide bonds. The zero-order valence-corrected chi connectivity index (χ0v) is 10.4. The summed E-state index contributed by atoms with van der Waals surface area (Å²) < 4.78 is 0. The zero-order valence-electron chi connectivity index (χ0n) is 9.45. The summed E-state index contributed by atoms with van der Waals surface area (Å²) in [5, 5.41) is 10.7. The van der Waals surface area contributed by atoms with Gasteiger partial charge in [-0.2, -0.15) is 0 Å². The normalized spacial score (nSPS) is 26.3. The van der Waals surface area contributed by atoms with Crippen LogP contribution in [0.1, 0.15) is 19.3 Å². The third-order valence-corrected chi connectivity index (χ3v) is 9.48. The summed E-state index contributed by atoms with van der Waals surface area (Å²) >= 11 is 0. The minimum atomic E-state index is -1.27. The van der Waals surface area contributed by atoms with Gasteiger partial charge in [0.25, 0.3) is 0 Å². The maximum atomic E-state index is 9.13. The second-order valence-corrected chi connectivity index (χ2v) is 9.61. The van der Waals surface area contributed by atoms with Gasteiger partial charge in [0.05, 0.1) is 0 Å². The van der Waals surface area contributed by atoms with Crippen LogP contribution in [0.15, 0.2) is 30.3 Å². The molecular weight excluding hydrogens is 202 g/mol. The third kappa shape index (κ3) is 2.12. The van der Waals surface area contributed by atoms with Crippen LogP contribution in [-0.2, 0) is 0 Å². The molecule has 0 spiro atoms. The van der Waals surface area contributed by atoms with Crippen LogP contribution in [-0.4, -0.2) is 31.1 Å². The van der Waals surface area contributed by atoms with Crippen LogP contribution < -0.4 is 5.30 Å². The van der Waals surface area contributed by atoms with Gasteiger partial charge in [-0.15, -0.1) is 0 Å². The van der Waals surface area contributed by atoms with Crippen LogP contribution in [0.25, 0.3) is 0 Å². The van der Waals surface area contributed by atoms with Gasteiger partial charge in [0, 0.05) is 0 Å². The Morgan fingerprint density at radius 1 is 1.33 bits per heavy atom. The first-order chi connectivity index (χ1) is 7.27. The molecule has 1 aliphatic heterocycles. The molecule has 3 heteroatoms. The van der Waals surface area contributed by atoms with E-state index in [0.717, 1.165) is 12.1 Å². The Labute approximate surface area is 93.6 Å². The number of hydrogen-bond acceptors (Lipinski definition) is 1. The quantitative estimate of drug-likeness (QED) is 0.600. The SMILES string of the molecule is B[PH]1(c2ccccc2)CCCC1CCO. The number of rotatable bonds is 3. The summed E-state index contributed by atoms with van der Waals surface area (Å²) in [5.74, 6) is 0. The second-order valence-electron chi connectivity index (χ2n) is 4.88. The second kappa shape index (κ2) is 4.68. The van der Waals surface area contributed by atoms with Crippen molar-refractivity contribution >= 4 is 20.0 Å². The van der Waals surface area contributed by atoms with Gasteiger partial charge in [-0.25, -0.2) is 0 Å². The molecule has 0 radical (unpaired) electrons. The summed E-state index contributed by atoms with van der Waals surface area (Å²) in [6, 6.07) is 11.0. The van der Waals surface area contributed by atoms with Gasteiger partial charge < -0.3 is 0 Å². The van der Waals surface area contributed by atoms with E-state index in [0.29, 0.717) is 6.61 Å². The third-order valence-electron chi connectivity index (χ3n) is 4.06. The fraction of sp³-hybridized carbons (Fsp3) is 0.500. The Balaban J connectivity index is 2.25. The van der Waals surface area contributed by atoms with E-state index in [2.05, 4.69) is 37.9 Å². The van der Waals surface area contributed by atoms with Crippen molar-refractivity contribution < 1.29 is 5.11 Å². The first-order valence-electron chi connectivity index (χ1n) is 5.94. The molecule has 82 valence electrons. The van der Waals surface area contributed by atoms with Crippen molar-refractivity contribution in [3.63, 3.8) is 0 Å². The standard InChI is InChI=1S/C12H20BOP/c13-15(11-5-2-1-3-6-11)10-4-7-12(15)8-9-14/h1-3,5-6,12,14-15H,4,7-10,13H2. The van der Waals surface area contributed by atoms with Crippen molar-refractivity contribution in [3.05, 3.63) is 30.3 Å². The van der Waals surface area contributed by atoms with Gasteiger partial charge in [-0.05, 0) is 0 Å². The van der Waals surface area contributed by atoms with Crippen molar-refractivity contribution in [1.29, 1.82) is 0 Å². The molecule has 0 saturated carbocycles. The predicted octanol–water partition coefficient (Wildman–Crippen LogP) is 1.15. The van der Waals surface area contributed by atoms with Gasteiger partial charge in [0.15, 0.2) is 0 Å². The topological polar surface area (TPSA) is 20.2 Å². The van der Waals surface area contributed by atoms with Crippen molar-refractivity contribution in [1.82, 2.24) is 0 Å². The first kappa shape index (κ1) is 11.2. The van der Waals surface area contributed by atoms with Crippen LogP contribution in [0.5, 0.6) is 0 Å². The fourth-order valence-corrected chi connectivity index (χ4v) is 7.72. The molecule has 1 aromatic carbocycles. The van der Waals surface area contributed by atoms with Crippen LogP contribution in [0.2, 0.25) is 0 Å². The summed E-state index contributed by atoms with van der Waals surface area (Å²) in [6.07, 6.45) is 5.11. The number of hydrogen-bond donors (Lipinski definition) is 1. The monoisotopic (exact) mass is 222 g/mol. The van der Waals surface area contributed by atoms with Gasteiger partial charge in [0.1, 0.15) is 0 Å². The molecule has 1 aliphatic rings. The number of aliphatic hydroxyl groups excluding tert-OH is 1. The fourth-order valence-electron chi connectivity index (χ4n) is 3.06. The Hall–Kier alpha value is -0.325. The van der Waals surface area contributed by atoms with Gasteiger partial charge in [-0.1, -0.05) is 0 Å². The van der Waals surface area contributed by atoms with Gasteiger partial charge in [0.2, 0.25) is 0 Å². The minimum absolute atomic E-state index is 0.361. The van der Waals surface area contributed by atoms with Crippen LogP contribution >= 0.6 is 7.14 Å². The molecule has 1 heterocycles. The summed E-state index contributed by atoms with van der Waals surface area (Å²) in [7, 11) is 1.22. The maximum absolute atomic E-state index is 9.13. The van der Waals surface area contributed by atoms with E-state index >= 15 is 0 Å². The predicted molar refractivity (Wildman–Crippen MR) is 72.5 cm³/mol. The molecule has 15 heavy (non-hydrogen) atoms. The molecule has 0 bridgehead atoms. The van der Waals surface area contributed by atoms with E-state index in [4.69, 9.17) is 5.11 Å². The Morgan fingerprint density at radius 2 is 2.07 bits per heavy atom. The van der Waals surface area contributed by atoms with Crippen LogP contribution in [0.4, 0.5) is 0 Å². The summed E-state index contributed by atoms with van der Waals surface area (Å²) in [4.78, 5) is 0. The van der Waals surface area contributed by atoms with Crippen molar-refractivity contribution in [2.45, 2.75) is 24.9 Å². The number of aliphatic hydroxyl groups is 1. The van der Waals surface area contributed by atoms with E-state index in [1.165, 1.54) is 19.0 Å². The molecule has 1 atom stereocenters. The van der Waals surface area contributed by atoms with Gasteiger partial charge >= 0.3 is 93.1 Å². The molecular formula is C12H20BOP. The molecule has 1 fully saturated rings. The molecule has 1 aromatic rings. The van der Waals surface area contributed by atoms with E-state index in [9.17, 15) is 0 Å². The van der Waals surface area contributed by atoms with E-state index in [1.807, 2.05) is 0 Å². The zero-order chi connectivity index (χ0) is 10.7. The van der Waals surface area contributed by atoms with E-state index in [-0.39, 0.29) is 0 Å². The molecule has 1 saturated heterocycles. The van der Waals surface area contributed by atoms with Crippen molar-refractivity contribution in [2.24, 2.45) is 0 Å². The molecule has 0 aliphatic carbocycles. The number of benzene rings is 1. The average Bonchev–Trinajstić information content (AvgIpc) is 2.64. The average molecular weight is 222 g/mol. The van der Waals surface area contributed by atoms with Gasteiger partial charge in [-0.3, -0.25) is 0 Å². The Bertz CT molecular complexity index is 317. The van der Waals surface area contributed by atoms with E-state index < -0.39 is 7.14 Å². The van der Waals surface area contributed by atoms with Crippen LogP contribution in [0, 0.1) is 0 Å². The van der Waals surface area contributed by atoms with E-state index in [1.54, 1.807) is 5.30 Å². The Kier molecular flexibility index (Phi) is 3.48. The summed E-state index contributed by atoms with van der Waals surface area (Å²) in [6.45, 7) is 0.361.